The maximum absolute atomic E-state index is 11.5. The summed E-state index contributed by atoms with van der Waals surface area (Å²) in [5.74, 6) is 0.669. The summed E-state index contributed by atoms with van der Waals surface area (Å²) in [4.78, 5) is 11.5. The molecule has 104 valence electrons. The van der Waals surface area contributed by atoms with Gasteiger partial charge in [-0.3, -0.25) is 4.79 Å². The van der Waals surface area contributed by atoms with Crippen molar-refractivity contribution in [1.82, 2.24) is 0 Å². The van der Waals surface area contributed by atoms with E-state index in [4.69, 9.17) is 4.74 Å². The van der Waals surface area contributed by atoms with Gasteiger partial charge in [0.25, 0.3) is 5.91 Å². The summed E-state index contributed by atoms with van der Waals surface area (Å²) in [6.07, 6.45) is 0. The molecular weight excluding hydrogens is 282 g/mol. The molecule has 1 aliphatic heterocycles. The lowest BCUT2D eigenvalue weighted by Crippen LogP contribution is -2.25. The molecule has 3 aromatic rings. The van der Waals surface area contributed by atoms with Crippen LogP contribution in [-0.2, 0) is 4.79 Å². The third-order valence-corrected chi connectivity index (χ3v) is 4.58. The number of carbonyl (C=O) groups is 1. The molecule has 1 aromatic heterocycles. The second-order valence-electron chi connectivity index (χ2n) is 5.18. The molecule has 0 radical (unpaired) electrons. The first-order valence-corrected chi connectivity index (χ1v) is 7.63. The number of nitrogens with one attached hydrogen (secondary N) is 1. The summed E-state index contributed by atoms with van der Waals surface area (Å²) < 4.78 is 6.79. The molecule has 1 amide bonds. The molecule has 0 fully saturated rings. The van der Waals surface area contributed by atoms with Crippen molar-refractivity contribution < 1.29 is 9.53 Å². The molecule has 4 rings (SSSR count). The molecular formula is C17H13NO2S. The van der Waals surface area contributed by atoms with Gasteiger partial charge in [-0.15, -0.1) is 11.3 Å². The molecule has 1 aliphatic rings. The van der Waals surface area contributed by atoms with Crippen molar-refractivity contribution in [2.75, 3.05) is 11.9 Å². The largest absolute Gasteiger partial charge is 0.481 e. The van der Waals surface area contributed by atoms with Gasteiger partial charge >= 0.3 is 0 Å². The smallest absolute Gasteiger partial charge is 0.262 e. The second-order valence-corrected chi connectivity index (χ2v) is 6.13. The fourth-order valence-corrected chi connectivity index (χ4v) is 3.47. The minimum Gasteiger partial charge on any atom is -0.481 e. The van der Waals surface area contributed by atoms with E-state index >= 15 is 0 Å². The predicted octanol–water partition coefficient (Wildman–Crippen LogP) is 4.21. The summed E-state index contributed by atoms with van der Waals surface area (Å²) in [6.45, 7) is 2.09. The number of hydrogen-bond acceptors (Lipinski definition) is 3. The van der Waals surface area contributed by atoms with Crippen LogP contribution >= 0.6 is 11.3 Å². The maximum Gasteiger partial charge on any atom is 0.262 e. The molecule has 0 spiro atoms. The Bertz CT molecular complexity index is 866. The predicted molar refractivity (Wildman–Crippen MR) is 86.1 cm³/mol. The Morgan fingerprint density at radius 1 is 1.14 bits per heavy atom. The fourth-order valence-electron chi connectivity index (χ4n) is 2.70. The van der Waals surface area contributed by atoms with Gasteiger partial charge in [0.15, 0.2) is 6.61 Å². The van der Waals surface area contributed by atoms with E-state index in [0.29, 0.717) is 0 Å². The number of benzene rings is 2. The SMILES string of the molecule is Cc1cc(-c2ccc3sccc3c2)cc2c1OCC(=O)N2. The minimum atomic E-state index is -0.104. The van der Waals surface area contributed by atoms with E-state index in [1.807, 2.05) is 13.0 Å². The zero-order chi connectivity index (χ0) is 14.4. The summed E-state index contributed by atoms with van der Waals surface area (Å²) in [6, 6.07) is 12.6. The van der Waals surface area contributed by atoms with Gasteiger partial charge in [-0.05, 0) is 64.7 Å². The summed E-state index contributed by atoms with van der Waals surface area (Å²) in [7, 11) is 0. The van der Waals surface area contributed by atoms with Gasteiger partial charge in [-0.1, -0.05) is 6.07 Å². The Kier molecular flexibility index (Phi) is 2.72. The van der Waals surface area contributed by atoms with Gasteiger partial charge in [0, 0.05) is 4.70 Å². The van der Waals surface area contributed by atoms with E-state index in [1.54, 1.807) is 11.3 Å². The highest BCUT2D eigenvalue weighted by molar-refractivity contribution is 7.17. The van der Waals surface area contributed by atoms with Gasteiger partial charge < -0.3 is 10.1 Å². The van der Waals surface area contributed by atoms with Gasteiger partial charge in [-0.25, -0.2) is 0 Å². The molecule has 0 saturated heterocycles. The van der Waals surface area contributed by atoms with Crippen LogP contribution < -0.4 is 10.1 Å². The Morgan fingerprint density at radius 3 is 2.95 bits per heavy atom. The normalized spacial score (nSPS) is 13.7. The number of aryl methyl sites for hydroxylation is 1. The van der Waals surface area contributed by atoms with Crippen molar-refractivity contribution >= 4 is 33.0 Å². The van der Waals surface area contributed by atoms with Gasteiger partial charge in [-0.2, -0.15) is 0 Å². The first-order chi connectivity index (χ1) is 10.2. The lowest BCUT2D eigenvalue weighted by Gasteiger charge is -2.21. The molecule has 0 atom stereocenters. The van der Waals surface area contributed by atoms with E-state index in [0.717, 1.165) is 28.1 Å². The highest BCUT2D eigenvalue weighted by atomic mass is 32.1. The van der Waals surface area contributed by atoms with Crippen LogP contribution in [0.3, 0.4) is 0 Å². The number of amides is 1. The maximum atomic E-state index is 11.5. The van der Waals surface area contributed by atoms with Crippen LogP contribution in [0.1, 0.15) is 5.56 Å². The van der Waals surface area contributed by atoms with Gasteiger partial charge in [0.2, 0.25) is 0 Å². The van der Waals surface area contributed by atoms with E-state index in [1.165, 1.54) is 10.1 Å². The highest BCUT2D eigenvalue weighted by Crippen LogP contribution is 2.37. The first-order valence-electron chi connectivity index (χ1n) is 6.76. The number of hydrogen-bond donors (Lipinski definition) is 1. The third kappa shape index (κ3) is 2.08. The van der Waals surface area contributed by atoms with Crippen LogP contribution in [-0.4, -0.2) is 12.5 Å². The monoisotopic (exact) mass is 295 g/mol. The second kappa shape index (κ2) is 4.60. The summed E-state index contributed by atoms with van der Waals surface area (Å²) in [5.41, 5.74) is 4.02. The Morgan fingerprint density at radius 2 is 2.05 bits per heavy atom. The van der Waals surface area contributed by atoms with Crippen LogP contribution in [0.5, 0.6) is 5.75 Å². The molecule has 4 heteroatoms. The zero-order valence-electron chi connectivity index (χ0n) is 11.5. The fraction of sp³-hybridized carbons (Fsp3) is 0.118. The first kappa shape index (κ1) is 12.4. The van der Waals surface area contributed by atoms with E-state index in [2.05, 4.69) is 41.0 Å². The van der Waals surface area contributed by atoms with Crippen molar-refractivity contribution in [3.8, 4) is 16.9 Å². The quantitative estimate of drug-likeness (QED) is 0.730. The van der Waals surface area contributed by atoms with Crippen molar-refractivity contribution in [2.24, 2.45) is 0 Å². The molecule has 0 unspecified atom stereocenters. The van der Waals surface area contributed by atoms with Crippen LogP contribution in [0, 0.1) is 6.92 Å². The topological polar surface area (TPSA) is 38.3 Å². The Balaban J connectivity index is 1.86. The van der Waals surface area contributed by atoms with Crippen molar-refractivity contribution in [3.63, 3.8) is 0 Å². The number of thiophene rings is 1. The average Bonchev–Trinajstić information content (AvgIpc) is 2.94. The van der Waals surface area contributed by atoms with Crippen LogP contribution in [0.25, 0.3) is 21.2 Å². The van der Waals surface area contributed by atoms with Crippen LogP contribution in [0.15, 0.2) is 41.8 Å². The number of carbonyl (C=O) groups excluding carboxylic acids is 1. The van der Waals surface area contributed by atoms with E-state index < -0.39 is 0 Å². The van der Waals surface area contributed by atoms with Gasteiger partial charge in [0.1, 0.15) is 5.75 Å². The molecule has 1 N–H and O–H groups in total. The molecule has 0 bridgehead atoms. The molecule has 21 heavy (non-hydrogen) atoms. The minimum absolute atomic E-state index is 0.0913. The number of ether oxygens (including phenoxy) is 1. The standard InChI is InChI=1S/C17H13NO2S/c1-10-6-13(8-14-17(10)20-9-16(19)18-14)11-2-3-15-12(7-11)4-5-21-15/h2-8H,9H2,1H3,(H,18,19). The third-order valence-electron chi connectivity index (χ3n) is 3.68. The summed E-state index contributed by atoms with van der Waals surface area (Å²) in [5, 5.41) is 6.22. The molecule has 0 saturated carbocycles. The van der Waals surface area contributed by atoms with Crippen LogP contribution in [0.2, 0.25) is 0 Å². The van der Waals surface area contributed by atoms with Crippen LogP contribution in [0.4, 0.5) is 5.69 Å². The Hall–Kier alpha value is -2.33. The van der Waals surface area contributed by atoms with E-state index in [9.17, 15) is 4.79 Å². The highest BCUT2D eigenvalue weighted by Gasteiger charge is 2.19. The Labute approximate surface area is 126 Å². The van der Waals surface area contributed by atoms with E-state index in [-0.39, 0.29) is 12.5 Å². The van der Waals surface area contributed by atoms with Crippen molar-refractivity contribution in [1.29, 1.82) is 0 Å². The summed E-state index contributed by atoms with van der Waals surface area (Å²) >= 11 is 1.74. The number of anilines is 1. The lowest BCUT2D eigenvalue weighted by molar-refractivity contribution is -0.118. The molecule has 2 aromatic carbocycles. The van der Waals surface area contributed by atoms with Gasteiger partial charge in [0.05, 0.1) is 5.69 Å². The molecule has 3 nitrogen and oxygen atoms in total. The molecule has 2 heterocycles. The van der Waals surface area contributed by atoms with Crippen molar-refractivity contribution in [3.05, 3.63) is 47.3 Å². The van der Waals surface area contributed by atoms with Crippen molar-refractivity contribution in [2.45, 2.75) is 6.92 Å². The molecule has 0 aliphatic carbocycles. The lowest BCUT2D eigenvalue weighted by atomic mass is 10.00. The number of fused-ring (bicyclic) bond motifs is 2. The zero-order valence-corrected chi connectivity index (χ0v) is 12.3. The number of rotatable bonds is 1. The average molecular weight is 295 g/mol.